The van der Waals surface area contributed by atoms with Crippen LogP contribution in [-0.2, 0) is 0 Å². The summed E-state index contributed by atoms with van der Waals surface area (Å²) in [6, 6.07) is 6.20. The topological polar surface area (TPSA) is 85.1 Å². The van der Waals surface area contributed by atoms with E-state index in [1.54, 1.807) is 6.92 Å². The molecule has 1 heterocycles. The molecule has 0 saturated carbocycles. The van der Waals surface area contributed by atoms with Crippen molar-refractivity contribution < 1.29 is 9.72 Å². The van der Waals surface area contributed by atoms with Crippen molar-refractivity contribution in [2.75, 3.05) is 5.32 Å². The summed E-state index contributed by atoms with van der Waals surface area (Å²) in [5.74, 6) is -0.310. The van der Waals surface area contributed by atoms with Gasteiger partial charge < -0.3 is 5.32 Å². The van der Waals surface area contributed by atoms with Crippen molar-refractivity contribution in [1.29, 1.82) is 0 Å². The Bertz CT molecular complexity index is 746. The number of amides is 1. The minimum absolute atomic E-state index is 0.000846. The Morgan fingerprint density at radius 1 is 1.14 bits per heavy atom. The van der Waals surface area contributed by atoms with Gasteiger partial charge in [-0.25, -0.2) is 0 Å². The van der Waals surface area contributed by atoms with Crippen LogP contribution in [-0.4, -0.2) is 15.8 Å². The number of anilines is 1. The van der Waals surface area contributed by atoms with Gasteiger partial charge in [0.1, 0.15) is 0 Å². The van der Waals surface area contributed by atoms with Gasteiger partial charge in [-0.15, -0.1) is 0 Å². The fraction of sp³-hybridized carbons (Fsp3) is 0.250. The molecule has 6 heteroatoms. The molecule has 0 fully saturated rings. The molecule has 1 amide bonds. The lowest BCUT2D eigenvalue weighted by molar-refractivity contribution is -0.385. The van der Waals surface area contributed by atoms with E-state index in [1.165, 1.54) is 18.2 Å². The first-order valence-electron chi connectivity index (χ1n) is 6.81. The Balaban J connectivity index is 2.30. The number of nitro benzene ring substituents is 1. The fourth-order valence-electron chi connectivity index (χ4n) is 2.40. The van der Waals surface area contributed by atoms with Gasteiger partial charge in [-0.1, -0.05) is 0 Å². The molecule has 0 atom stereocenters. The number of hydrogen-bond acceptors (Lipinski definition) is 4. The minimum Gasteiger partial charge on any atom is -0.320 e. The lowest BCUT2D eigenvalue weighted by atomic mass is 10.1. The number of benzene rings is 1. The maximum absolute atomic E-state index is 12.3. The number of rotatable bonds is 3. The zero-order valence-corrected chi connectivity index (χ0v) is 12.9. The maximum atomic E-state index is 12.3. The Morgan fingerprint density at radius 2 is 1.82 bits per heavy atom. The first-order chi connectivity index (χ1) is 10.3. The van der Waals surface area contributed by atoms with Gasteiger partial charge >= 0.3 is 0 Å². The van der Waals surface area contributed by atoms with Gasteiger partial charge in [-0.3, -0.25) is 19.9 Å². The molecule has 0 aliphatic carbocycles. The Kier molecular flexibility index (Phi) is 4.21. The van der Waals surface area contributed by atoms with Crippen molar-refractivity contribution in [1.82, 2.24) is 4.98 Å². The number of carbonyl (C=O) groups excluding carboxylic acids is 1. The van der Waals surface area contributed by atoms with Crippen LogP contribution >= 0.6 is 0 Å². The van der Waals surface area contributed by atoms with Gasteiger partial charge in [0.2, 0.25) is 0 Å². The predicted molar refractivity (Wildman–Crippen MR) is 84.2 cm³/mol. The summed E-state index contributed by atoms with van der Waals surface area (Å²) < 4.78 is 0. The summed E-state index contributed by atoms with van der Waals surface area (Å²) in [5.41, 5.74) is 4.06. The van der Waals surface area contributed by atoms with Crippen LogP contribution in [0.25, 0.3) is 0 Å². The van der Waals surface area contributed by atoms with Crippen LogP contribution in [0.15, 0.2) is 24.3 Å². The molecule has 114 valence electrons. The summed E-state index contributed by atoms with van der Waals surface area (Å²) in [6.07, 6.45) is 0. The largest absolute Gasteiger partial charge is 0.320 e. The zero-order valence-electron chi connectivity index (χ0n) is 12.9. The molecule has 0 saturated heterocycles. The van der Waals surface area contributed by atoms with Crippen LogP contribution in [0.5, 0.6) is 0 Å². The van der Waals surface area contributed by atoms with Gasteiger partial charge in [0.25, 0.3) is 11.6 Å². The molecule has 1 aromatic carbocycles. The highest BCUT2D eigenvalue weighted by Gasteiger charge is 2.15. The monoisotopic (exact) mass is 299 g/mol. The van der Waals surface area contributed by atoms with Crippen LogP contribution in [0.4, 0.5) is 11.4 Å². The number of carbonyl (C=O) groups is 1. The molecule has 1 N–H and O–H groups in total. The number of pyridine rings is 1. The highest BCUT2D eigenvalue weighted by atomic mass is 16.6. The summed E-state index contributed by atoms with van der Waals surface area (Å²) in [4.78, 5) is 27.0. The van der Waals surface area contributed by atoms with E-state index in [4.69, 9.17) is 0 Å². The van der Waals surface area contributed by atoms with Crippen LogP contribution in [0, 0.1) is 37.8 Å². The fourth-order valence-corrected chi connectivity index (χ4v) is 2.40. The third-order valence-electron chi connectivity index (χ3n) is 3.42. The second-order valence-electron chi connectivity index (χ2n) is 5.25. The minimum atomic E-state index is -0.463. The van der Waals surface area contributed by atoms with E-state index in [2.05, 4.69) is 10.3 Å². The zero-order chi connectivity index (χ0) is 16.4. The van der Waals surface area contributed by atoms with Crippen LogP contribution < -0.4 is 5.32 Å². The van der Waals surface area contributed by atoms with Crippen LogP contribution in [0.1, 0.15) is 32.9 Å². The number of nitrogens with one attached hydrogen (secondary N) is 1. The molecular formula is C16H17N3O3. The van der Waals surface area contributed by atoms with Gasteiger partial charge in [-0.05, 0) is 51.5 Å². The first-order valence-corrected chi connectivity index (χ1v) is 6.81. The normalized spacial score (nSPS) is 10.4. The Morgan fingerprint density at radius 3 is 2.36 bits per heavy atom. The number of nitro groups is 1. The van der Waals surface area contributed by atoms with Crippen molar-refractivity contribution in [3.63, 3.8) is 0 Å². The van der Waals surface area contributed by atoms with Gasteiger partial charge in [0.15, 0.2) is 0 Å². The maximum Gasteiger partial charge on any atom is 0.272 e. The van der Waals surface area contributed by atoms with Crippen LogP contribution in [0.2, 0.25) is 0 Å². The second kappa shape index (κ2) is 5.93. The molecule has 0 radical (unpaired) electrons. The highest BCUT2D eigenvalue weighted by molar-refractivity contribution is 6.05. The summed E-state index contributed by atoms with van der Waals surface area (Å²) in [7, 11) is 0. The van der Waals surface area contributed by atoms with E-state index >= 15 is 0 Å². The molecule has 0 spiro atoms. The van der Waals surface area contributed by atoms with Gasteiger partial charge in [0.05, 0.1) is 16.3 Å². The number of nitrogens with zero attached hydrogens (tertiary/aromatic N) is 2. The van der Waals surface area contributed by atoms with Crippen molar-refractivity contribution >= 4 is 17.3 Å². The van der Waals surface area contributed by atoms with Gasteiger partial charge in [0, 0.05) is 22.9 Å². The molecule has 0 unspecified atom stereocenters. The lowest BCUT2D eigenvalue weighted by Crippen LogP contribution is -2.15. The summed E-state index contributed by atoms with van der Waals surface area (Å²) >= 11 is 0. The average molecular weight is 299 g/mol. The van der Waals surface area contributed by atoms with E-state index in [-0.39, 0.29) is 11.6 Å². The predicted octanol–water partition coefficient (Wildman–Crippen LogP) is 3.48. The van der Waals surface area contributed by atoms with E-state index in [9.17, 15) is 14.9 Å². The molecular weight excluding hydrogens is 282 g/mol. The number of aromatic nitrogens is 1. The van der Waals surface area contributed by atoms with E-state index in [0.29, 0.717) is 16.8 Å². The first kappa shape index (κ1) is 15.6. The quantitative estimate of drug-likeness (QED) is 0.694. The third kappa shape index (κ3) is 3.11. The molecule has 2 aromatic rings. The smallest absolute Gasteiger partial charge is 0.272 e. The van der Waals surface area contributed by atoms with E-state index < -0.39 is 4.92 Å². The van der Waals surface area contributed by atoms with Crippen molar-refractivity contribution in [3.05, 3.63) is 62.5 Å². The molecule has 0 aliphatic heterocycles. The second-order valence-corrected chi connectivity index (χ2v) is 5.25. The lowest BCUT2D eigenvalue weighted by Gasteiger charge is -2.12. The van der Waals surface area contributed by atoms with Gasteiger partial charge in [-0.2, -0.15) is 0 Å². The van der Waals surface area contributed by atoms with Crippen molar-refractivity contribution in [2.45, 2.75) is 27.7 Å². The highest BCUT2D eigenvalue weighted by Crippen LogP contribution is 2.22. The SMILES string of the molecule is Cc1cc(C)c(NC(=O)c2ccc([N+](=O)[O-])c(C)c2)c(C)n1. The molecule has 0 bridgehead atoms. The third-order valence-corrected chi connectivity index (χ3v) is 3.42. The standard InChI is InChI=1S/C16H17N3O3/c1-9-8-13(5-6-14(9)19(21)22)16(20)18-15-10(2)7-11(3)17-12(15)4/h5-8H,1-4H3,(H,18,20). The molecule has 6 nitrogen and oxygen atoms in total. The summed E-state index contributed by atoms with van der Waals surface area (Å²) in [6.45, 7) is 7.24. The molecule has 2 rings (SSSR count). The van der Waals surface area contributed by atoms with Crippen molar-refractivity contribution in [2.24, 2.45) is 0 Å². The Labute approximate surface area is 128 Å². The number of hydrogen-bond donors (Lipinski definition) is 1. The molecule has 0 aliphatic rings. The summed E-state index contributed by atoms with van der Waals surface area (Å²) in [5, 5.41) is 13.6. The van der Waals surface area contributed by atoms with Crippen LogP contribution in [0.3, 0.4) is 0 Å². The van der Waals surface area contributed by atoms with E-state index in [0.717, 1.165) is 17.0 Å². The Hall–Kier alpha value is -2.76. The van der Waals surface area contributed by atoms with Crippen molar-refractivity contribution in [3.8, 4) is 0 Å². The molecule has 22 heavy (non-hydrogen) atoms. The average Bonchev–Trinajstić information content (AvgIpc) is 2.41. The molecule has 1 aromatic heterocycles. The number of aryl methyl sites for hydroxylation is 4. The van der Waals surface area contributed by atoms with E-state index in [1.807, 2.05) is 26.8 Å².